The summed E-state index contributed by atoms with van der Waals surface area (Å²) in [7, 11) is 0. The molecule has 32 heavy (non-hydrogen) atoms. The molecule has 1 fully saturated rings. The van der Waals surface area contributed by atoms with Crippen molar-refractivity contribution in [2.45, 2.75) is 44.4 Å². The number of nitrogens with one attached hydrogen (secondary N) is 1. The average Bonchev–Trinajstić information content (AvgIpc) is 3.34. The molecule has 170 valence electrons. The number of carbonyl (C=O) groups excluding carboxylic acids is 1. The normalized spacial score (nSPS) is 15.1. The summed E-state index contributed by atoms with van der Waals surface area (Å²) in [5.74, 6) is -1.32. The third-order valence-electron chi connectivity index (χ3n) is 5.02. The molecule has 0 aliphatic heterocycles. The van der Waals surface area contributed by atoms with Gasteiger partial charge in [0.05, 0.1) is 16.7 Å². The maximum atomic E-state index is 14.0. The number of carbonyl (C=O) groups is 1. The van der Waals surface area contributed by atoms with Crippen LogP contribution in [0.15, 0.2) is 29.0 Å². The molecular weight excluding hydrogens is 520 g/mol. The van der Waals surface area contributed by atoms with Gasteiger partial charge in [-0.1, -0.05) is 17.7 Å². The lowest BCUT2D eigenvalue weighted by molar-refractivity contribution is -0.142. The molecule has 2 heterocycles. The van der Waals surface area contributed by atoms with Crippen LogP contribution in [0.1, 0.15) is 48.7 Å². The Morgan fingerprint density at radius 1 is 1.34 bits per heavy atom. The molecule has 4 rings (SSSR count). The lowest BCUT2D eigenvalue weighted by Crippen LogP contribution is -2.26. The van der Waals surface area contributed by atoms with Crippen molar-refractivity contribution in [3.8, 4) is 0 Å². The van der Waals surface area contributed by atoms with Crippen molar-refractivity contribution in [1.29, 1.82) is 0 Å². The molecule has 1 aromatic carbocycles. The molecule has 0 radical (unpaired) electrons. The number of hydrogen-bond acceptors (Lipinski definition) is 4. The van der Waals surface area contributed by atoms with E-state index in [-0.39, 0.29) is 33.5 Å². The van der Waals surface area contributed by atoms with Crippen LogP contribution in [0, 0.1) is 5.82 Å². The molecule has 1 saturated carbocycles. The maximum Gasteiger partial charge on any atom is 0.436 e. The Labute approximate surface area is 192 Å². The second kappa shape index (κ2) is 8.47. The Bertz CT molecular complexity index is 1150. The van der Waals surface area contributed by atoms with E-state index < -0.39 is 29.6 Å². The van der Waals surface area contributed by atoms with Gasteiger partial charge in [0.15, 0.2) is 5.69 Å². The fourth-order valence-corrected chi connectivity index (χ4v) is 4.26. The number of rotatable bonds is 6. The van der Waals surface area contributed by atoms with E-state index in [0.29, 0.717) is 5.69 Å². The highest BCUT2D eigenvalue weighted by molar-refractivity contribution is 9.10. The zero-order chi connectivity index (χ0) is 23.2. The van der Waals surface area contributed by atoms with Crippen molar-refractivity contribution in [2.24, 2.45) is 0 Å². The first-order valence-electron chi connectivity index (χ1n) is 9.54. The van der Waals surface area contributed by atoms with Crippen molar-refractivity contribution in [3.05, 3.63) is 56.8 Å². The molecule has 13 heteroatoms. The Morgan fingerprint density at radius 2 is 2.06 bits per heavy atom. The van der Waals surface area contributed by atoms with Gasteiger partial charge in [-0.2, -0.15) is 18.3 Å². The molecule has 3 aromatic rings. The number of amides is 1. The summed E-state index contributed by atoms with van der Waals surface area (Å²) >= 11 is 9.01. The van der Waals surface area contributed by atoms with Gasteiger partial charge in [-0.05, 0) is 47.8 Å². The summed E-state index contributed by atoms with van der Waals surface area (Å²) in [6, 6.07) is 3.22. The maximum absolute atomic E-state index is 14.0. The molecule has 7 nitrogen and oxygen atoms in total. The van der Waals surface area contributed by atoms with Gasteiger partial charge in [-0.3, -0.25) is 14.8 Å². The largest absolute Gasteiger partial charge is 0.436 e. The van der Waals surface area contributed by atoms with Gasteiger partial charge in [0, 0.05) is 16.5 Å². The summed E-state index contributed by atoms with van der Waals surface area (Å²) in [5.41, 5.74) is -0.517. The predicted octanol–water partition coefficient (Wildman–Crippen LogP) is 5.17. The summed E-state index contributed by atoms with van der Waals surface area (Å²) in [5, 5.41) is 10.4. The smallest absolute Gasteiger partial charge is 0.291 e. The van der Waals surface area contributed by atoms with Gasteiger partial charge in [0.25, 0.3) is 5.91 Å². The minimum atomic E-state index is -4.65. The van der Waals surface area contributed by atoms with E-state index in [1.807, 2.05) is 0 Å². The van der Waals surface area contributed by atoms with E-state index in [0.717, 1.165) is 17.5 Å². The molecule has 1 amide bonds. The molecule has 2 aromatic heterocycles. The summed E-state index contributed by atoms with van der Waals surface area (Å²) in [6.07, 6.45) is -1.93. The van der Waals surface area contributed by atoms with Crippen LogP contribution >= 0.6 is 27.5 Å². The SMILES string of the molecule is CC(C(=O)Nc1ncn(Cc2c(F)cccc2Cl)n1)n1nc(C(F)(F)F)c(Br)c1C1CC1. The number of nitrogens with zero attached hydrogens (tertiary/aromatic N) is 5. The van der Waals surface area contributed by atoms with Crippen LogP contribution in [-0.4, -0.2) is 30.5 Å². The highest BCUT2D eigenvalue weighted by Crippen LogP contribution is 2.47. The lowest BCUT2D eigenvalue weighted by atomic mass is 10.2. The van der Waals surface area contributed by atoms with Gasteiger partial charge < -0.3 is 0 Å². The number of halogens is 6. The summed E-state index contributed by atoms with van der Waals surface area (Å²) in [6.45, 7) is 1.42. The molecule has 1 unspecified atom stereocenters. The van der Waals surface area contributed by atoms with Crippen LogP contribution in [0.3, 0.4) is 0 Å². The van der Waals surface area contributed by atoms with E-state index in [4.69, 9.17) is 11.6 Å². The second-order valence-corrected chi connectivity index (χ2v) is 8.60. The molecule has 1 N–H and O–H groups in total. The highest BCUT2D eigenvalue weighted by Gasteiger charge is 2.43. The van der Waals surface area contributed by atoms with E-state index in [1.54, 1.807) is 0 Å². The Hall–Kier alpha value is -2.47. The van der Waals surface area contributed by atoms with E-state index >= 15 is 0 Å². The zero-order valence-corrected chi connectivity index (χ0v) is 18.8. The van der Waals surface area contributed by atoms with Crippen LogP contribution < -0.4 is 5.32 Å². The first kappa shape index (κ1) is 22.7. The van der Waals surface area contributed by atoms with Crippen LogP contribution in [0.5, 0.6) is 0 Å². The first-order chi connectivity index (χ1) is 15.1. The molecule has 1 aliphatic carbocycles. The van der Waals surface area contributed by atoms with Gasteiger partial charge in [-0.15, -0.1) is 5.10 Å². The minimum absolute atomic E-state index is 0.0171. The van der Waals surface area contributed by atoms with Crippen molar-refractivity contribution in [1.82, 2.24) is 24.5 Å². The standard InChI is InChI=1S/C19H16BrClF4N6O/c1-9(31-15(10-5-6-10)14(20)16(28-31)19(23,24)25)17(32)27-18-26-8-30(29-18)7-11-12(21)3-2-4-13(11)22/h2-4,8-10H,5-7H2,1H3,(H,27,29,32). The Balaban J connectivity index is 1.52. The van der Waals surface area contributed by atoms with Gasteiger partial charge in [0.2, 0.25) is 5.95 Å². The number of alkyl halides is 3. The third kappa shape index (κ3) is 4.51. The average molecular weight is 536 g/mol. The van der Waals surface area contributed by atoms with Crippen LogP contribution in [0.4, 0.5) is 23.5 Å². The Morgan fingerprint density at radius 3 is 2.69 bits per heavy atom. The Kier molecular flexibility index (Phi) is 6.01. The molecule has 0 spiro atoms. The fourth-order valence-electron chi connectivity index (χ4n) is 3.23. The topological polar surface area (TPSA) is 77.6 Å². The van der Waals surface area contributed by atoms with Crippen molar-refractivity contribution < 1.29 is 22.4 Å². The van der Waals surface area contributed by atoms with E-state index in [1.165, 1.54) is 36.1 Å². The number of aromatic nitrogens is 5. The molecule has 1 atom stereocenters. The van der Waals surface area contributed by atoms with Crippen molar-refractivity contribution in [2.75, 3.05) is 5.32 Å². The van der Waals surface area contributed by atoms with Crippen molar-refractivity contribution >= 4 is 39.4 Å². The number of anilines is 1. The van der Waals surface area contributed by atoms with Gasteiger partial charge in [-0.25, -0.2) is 14.1 Å². The van der Waals surface area contributed by atoms with Crippen LogP contribution in [-0.2, 0) is 17.5 Å². The summed E-state index contributed by atoms with van der Waals surface area (Å²) < 4.78 is 56.1. The van der Waals surface area contributed by atoms with Gasteiger partial charge in [0.1, 0.15) is 18.2 Å². The van der Waals surface area contributed by atoms with Gasteiger partial charge >= 0.3 is 6.18 Å². The minimum Gasteiger partial charge on any atom is -0.291 e. The second-order valence-electron chi connectivity index (χ2n) is 7.40. The number of hydrogen-bond donors (Lipinski definition) is 1. The molecular formula is C19H16BrClF4N6O. The molecule has 0 saturated heterocycles. The van der Waals surface area contributed by atoms with Crippen molar-refractivity contribution in [3.63, 3.8) is 0 Å². The predicted molar refractivity (Wildman–Crippen MR) is 111 cm³/mol. The van der Waals surface area contributed by atoms with Crippen LogP contribution in [0.2, 0.25) is 5.02 Å². The quantitative estimate of drug-likeness (QED) is 0.442. The molecule has 0 bridgehead atoms. The zero-order valence-electron chi connectivity index (χ0n) is 16.5. The fraction of sp³-hybridized carbons (Fsp3) is 0.368. The monoisotopic (exact) mass is 534 g/mol. The number of benzene rings is 1. The summed E-state index contributed by atoms with van der Waals surface area (Å²) in [4.78, 5) is 16.7. The first-order valence-corrected chi connectivity index (χ1v) is 10.7. The molecule has 1 aliphatic rings. The van der Waals surface area contributed by atoms with Crippen LogP contribution in [0.25, 0.3) is 0 Å². The van der Waals surface area contributed by atoms with E-state index in [2.05, 4.69) is 36.4 Å². The third-order valence-corrected chi connectivity index (χ3v) is 6.16. The highest BCUT2D eigenvalue weighted by atomic mass is 79.9. The lowest BCUT2D eigenvalue weighted by Gasteiger charge is -2.14. The van der Waals surface area contributed by atoms with E-state index in [9.17, 15) is 22.4 Å².